The van der Waals surface area contributed by atoms with Crippen molar-refractivity contribution in [2.45, 2.75) is 39.4 Å². The van der Waals surface area contributed by atoms with Crippen LogP contribution in [0.5, 0.6) is 17.2 Å². The highest BCUT2D eigenvalue weighted by Gasteiger charge is 2.13. The minimum atomic E-state index is 0. The summed E-state index contributed by atoms with van der Waals surface area (Å²) in [6.07, 6.45) is 2.64. The third-order valence-electron chi connectivity index (χ3n) is 5.62. The Balaban J connectivity index is 0.00000385. The number of methoxy groups -OCH3 is 3. The van der Waals surface area contributed by atoms with E-state index >= 15 is 0 Å². The predicted octanol–water partition coefficient (Wildman–Crippen LogP) is 4.18. The van der Waals surface area contributed by atoms with Crippen molar-refractivity contribution < 1.29 is 14.2 Å². The highest BCUT2D eigenvalue weighted by Crippen LogP contribution is 2.34. The molecule has 0 atom stereocenters. The highest BCUT2D eigenvalue weighted by atomic mass is 127. The number of nitrogens with one attached hydrogen (secondary N) is 2. The van der Waals surface area contributed by atoms with Gasteiger partial charge in [-0.2, -0.15) is 0 Å². The maximum Gasteiger partial charge on any atom is 0.191 e. The van der Waals surface area contributed by atoms with E-state index < -0.39 is 0 Å². The van der Waals surface area contributed by atoms with E-state index in [1.165, 1.54) is 37.1 Å². The predicted molar refractivity (Wildman–Crippen MR) is 144 cm³/mol. The molecule has 0 amide bonds. The number of likely N-dealkylation sites (tertiary alicyclic amines) is 1. The number of aliphatic imine (C=N–C) groups is 1. The zero-order valence-electron chi connectivity index (χ0n) is 20.1. The summed E-state index contributed by atoms with van der Waals surface area (Å²) in [5, 5.41) is 6.69. The standard InChI is InChI=1S/C25H36N4O3.HI/c1-5-26-25(28-17-21-14-23(31-3)24(32-4)15-22(21)30-2)27-16-19-8-10-20(11-9-19)18-29-12-6-7-13-29;/h8-11,14-15H,5-7,12-13,16-18H2,1-4H3,(H2,26,27,28);1H. The second-order valence-electron chi connectivity index (χ2n) is 7.87. The second-order valence-corrected chi connectivity index (χ2v) is 7.87. The van der Waals surface area contributed by atoms with Crippen LogP contribution in [0.2, 0.25) is 0 Å². The molecule has 0 spiro atoms. The van der Waals surface area contributed by atoms with Gasteiger partial charge in [-0.3, -0.25) is 4.90 Å². The van der Waals surface area contributed by atoms with Crippen LogP contribution in [0.25, 0.3) is 0 Å². The van der Waals surface area contributed by atoms with Crippen LogP contribution in [-0.2, 0) is 19.6 Å². The zero-order chi connectivity index (χ0) is 22.8. The van der Waals surface area contributed by atoms with Gasteiger partial charge in [0, 0.05) is 31.3 Å². The highest BCUT2D eigenvalue weighted by molar-refractivity contribution is 14.0. The van der Waals surface area contributed by atoms with Crippen molar-refractivity contribution in [1.82, 2.24) is 15.5 Å². The molecule has 0 unspecified atom stereocenters. The summed E-state index contributed by atoms with van der Waals surface area (Å²) in [5.41, 5.74) is 3.52. The lowest BCUT2D eigenvalue weighted by molar-refractivity contribution is 0.331. The van der Waals surface area contributed by atoms with Gasteiger partial charge in [-0.05, 0) is 50.0 Å². The molecule has 1 saturated heterocycles. The lowest BCUT2D eigenvalue weighted by Crippen LogP contribution is -2.36. The number of hydrogen-bond donors (Lipinski definition) is 2. The molecule has 0 saturated carbocycles. The van der Waals surface area contributed by atoms with Gasteiger partial charge in [0.25, 0.3) is 0 Å². The molecule has 1 aliphatic rings. The lowest BCUT2D eigenvalue weighted by atomic mass is 10.1. The first-order valence-electron chi connectivity index (χ1n) is 11.3. The molecule has 2 aromatic rings. The molecule has 0 aromatic heterocycles. The molecule has 7 nitrogen and oxygen atoms in total. The van der Waals surface area contributed by atoms with E-state index in [0.29, 0.717) is 24.6 Å². The van der Waals surface area contributed by atoms with E-state index in [4.69, 9.17) is 19.2 Å². The van der Waals surface area contributed by atoms with Crippen LogP contribution < -0.4 is 24.8 Å². The maximum absolute atomic E-state index is 5.53. The van der Waals surface area contributed by atoms with Crippen LogP contribution >= 0.6 is 24.0 Å². The number of guanidine groups is 1. The minimum absolute atomic E-state index is 0. The Bertz CT molecular complexity index is 884. The Hall–Kier alpha value is -2.20. The van der Waals surface area contributed by atoms with E-state index in [9.17, 15) is 0 Å². The Kier molecular flexibility index (Phi) is 11.6. The summed E-state index contributed by atoms with van der Waals surface area (Å²) in [4.78, 5) is 7.27. The van der Waals surface area contributed by atoms with Gasteiger partial charge in [-0.15, -0.1) is 24.0 Å². The number of benzene rings is 2. The molecule has 0 aliphatic carbocycles. The van der Waals surface area contributed by atoms with Crippen LogP contribution in [-0.4, -0.2) is 51.8 Å². The topological polar surface area (TPSA) is 67.4 Å². The molecule has 1 fully saturated rings. The summed E-state index contributed by atoms with van der Waals surface area (Å²) in [5.74, 6) is 2.80. The Morgan fingerprint density at radius 3 is 2.09 bits per heavy atom. The first-order valence-corrected chi connectivity index (χ1v) is 11.3. The fraction of sp³-hybridized carbons (Fsp3) is 0.480. The third kappa shape index (κ3) is 7.96. The number of ether oxygens (including phenoxy) is 3. The SMILES string of the molecule is CCNC(=NCc1ccc(CN2CCCC2)cc1)NCc1cc(OC)c(OC)cc1OC.I. The van der Waals surface area contributed by atoms with Crippen LogP contribution in [0.3, 0.4) is 0 Å². The van der Waals surface area contributed by atoms with Crippen molar-refractivity contribution in [3.05, 3.63) is 53.1 Å². The summed E-state index contributed by atoms with van der Waals surface area (Å²) in [6.45, 7) is 7.47. The van der Waals surface area contributed by atoms with Gasteiger partial charge < -0.3 is 24.8 Å². The summed E-state index contributed by atoms with van der Waals surface area (Å²) < 4.78 is 16.3. The third-order valence-corrected chi connectivity index (χ3v) is 5.62. The first-order chi connectivity index (χ1) is 15.7. The van der Waals surface area contributed by atoms with Crippen molar-refractivity contribution in [2.24, 2.45) is 4.99 Å². The molecular formula is C25H37IN4O3. The molecule has 2 N–H and O–H groups in total. The van der Waals surface area contributed by atoms with Gasteiger partial charge in [-0.1, -0.05) is 24.3 Å². The van der Waals surface area contributed by atoms with Crippen molar-refractivity contribution in [3.8, 4) is 17.2 Å². The maximum atomic E-state index is 5.53. The quantitative estimate of drug-likeness (QED) is 0.255. The fourth-order valence-corrected chi connectivity index (χ4v) is 3.87. The average molecular weight is 569 g/mol. The van der Waals surface area contributed by atoms with Crippen molar-refractivity contribution in [2.75, 3.05) is 41.0 Å². The van der Waals surface area contributed by atoms with E-state index in [0.717, 1.165) is 30.4 Å². The van der Waals surface area contributed by atoms with Crippen molar-refractivity contribution >= 4 is 29.9 Å². The van der Waals surface area contributed by atoms with Crippen molar-refractivity contribution in [1.29, 1.82) is 0 Å². The molecule has 3 rings (SSSR count). The molecule has 182 valence electrons. The summed E-state index contributed by atoms with van der Waals surface area (Å²) in [6, 6.07) is 12.6. The molecule has 8 heteroatoms. The molecule has 0 radical (unpaired) electrons. The second kappa shape index (κ2) is 14.1. The van der Waals surface area contributed by atoms with Gasteiger partial charge >= 0.3 is 0 Å². The summed E-state index contributed by atoms with van der Waals surface area (Å²) >= 11 is 0. The molecule has 1 aliphatic heterocycles. The Morgan fingerprint density at radius 1 is 0.879 bits per heavy atom. The van der Waals surface area contributed by atoms with E-state index in [2.05, 4.69) is 46.7 Å². The monoisotopic (exact) mass is 568 g/mol. The lowest BCUT2D eigenvalue weighted by Gasteiger charge is -2.16. The molecule has 33 heavy (non-hydrogen) atoms. The molecule has 2 aromatic carbocycles. The molecule has 0 bridgehead atoms. The van der Waals surface area contributed by atoms with Crippen LogP contribution in [0.15, 0.2) is 41.4 Å². The summed E-state index contributed by atoms with van der Waals surface area (Å²) in [7, 11) is 4.89. The fourth-order valence-electron chi connectivity index (χ4n) is 3.87. The van der Waals surface area contributed by atoms with E-state index in [-0.39, 0.29) is 24.0 Å². The van der Waals surface area contributed by atoms with E-state index in [1.54, 1.807) is 21.3 Å². The number of rotatable bonds is 10. The van der Waals surface area contributed by atoms with Gasteiger partial charge in [0.05, 0.1) is 27.9 Å². The number of nitrogens with zero attached hydrogens (tertiary/aromatic N) is 2. The Morgan fingerprint density at radius 2 is 1.48 bits per heavy atom. The van der Waals surface area contributed by atoms with Gasteiger partial charge in [0.1, 0.15) is 5.75 Å². The average Bonchev–Trinajstić information content (AvgIpc) is 3.34. The molecular weight excluding hydrogens is 531 g/mol. The van der Waals surface area contributed by atoms with Gasteiger partial charge in [-0.25, -0.2) is 4.99 Å². The van der Waals surface area contributed by atoms with E-state index in [1.807, 2.05) is 12.1 Å². The largest absolute Gasteiger partial charge is 0.496 e. The zero-order valence-corrected chi connectivity index (χ0v) is 22.5. The normalized spacial score (nSPS) is 13.9. The smallest absolute Gasteiger partial charge is 0.191 e. The van der Waals surface area contributed by atoms with Crippen molar-refractivity contribution in [3.63, 3.8) is 0 Å². The molecule has 1 heterocycles. The number of halogens is 1. The van der Waals surface area contributed by atoms with Gasteiger partial charge in [0.2, 0.25) is 0 Å². The van der Waals surface area contributed by atoms with Crippen LogP contribution in [0.1, 0.15) is 36.5 Å². The van der Waals surface area contributed by atoms with Gasteiger partial charge in [0.15, 0.2) is 17.5 Å². The number of hydrogen-bond acceptors (Lipinski definition) is 5. The Labute approximate surface area is 214 Å². The minimum Gasteiger partial charge on any atom is -0.496 e. The van der Waals surface area contributed by atoms with Crippen LogP contribution in [0.4, 0.5) is 0 Å². The first kappa shape index (κ1) is 27.0. The van der Waals surface area contributed by atoms with Crippen LogP contribution in [0, 0.1) is 0 Å².